The molecule has 2 unspecified atom stereocenters. The number of aliphatic hydroxyl groups excluding tert-OH is 1. The molecule has 1 heterocycles. The Morgan fingerprint density at radius 1 is 1.48 bits per heavy atom. The standard InChI is InChI=1S/C17H21N3O2S/c1-20(11-13-5-3-7-15(13)21)17(22)19-14-6-2-4-12(10-14)16-18-8-9-23-16/h2,4,6,8-10,13,15,21H,3,5,7,11H2,1H3,(H,19,22). The van der Waals surface area contributed by atoms with E-state index in [1.54, 1.807) is 29.5 Å². The van der Waals surface area contributed by atoms with Crippen LogP contribution in [0.1, 0.15) is 19.3 Å². The molecule has 122 valence electrons. The van der Waals surface area contributed by atoms with Crippen molar-refractivity contribution in [2.45, 2.75) is 25.4 Å². The molecule has 1 aliphatic carbocycles. The van der Waals surface area contributed by atoms with E-state index in [-0.39, 0.29) is 18.1 Å². The molecule has 1 aromatic heterocycles. The summed E-state index contributed by atoms with van der Waals surface area (Å²) >= 11 is 1.57. The molecule has 2 atom stereocenters. The van der Waals surface area contributed by atoms with Gasteiger partial charge in [-0.05, 0) is 25.0 Å². The van der Waals surface area contributed by atoms with Gasteiger partial charge in [0.2, 0.25) is 0 Å². The number of nitrogens with zero attached hydrogens (tertiary/aromatic N) is 2. The zero-order chi connectivity index (χ0) is 16.2. The molecule has 3 rings (SSSR count). The fourth-order valence-corrected chi connectivity index (χ4v) is 3.62. The molecule has 0 saturated heterocycles. The number of nitrogens with one attached hydrogen (secondary N) is 1. The SMILES string of the molecule is CN(CC1CCCC1O)C(=O)Nc1cccc(-c2nccs2)c1. The topological polar surface area (TPSA) is 65.5 Å². The number of benzene rings is 1. The van der Waals surface area contributed by atoms with Gasteiger partial charge in [0.25, 0.3) is 0 Å². The monoisotopic (exact) mass is 331 g/mol. The summed E-state index contributed by atoms with van der Waals surface area (Å²) < 4.78 is 0. The van der Waals surface area contributed by atoms with Crippen molar-refractivity contribution in [3.8, 4) is 10.6 Å². The molecule has 1 saturated carbocycles. The zero-order valence-electron chi connectivity index (χ0n) is 13.1. The molecule has 0 bridgehead atoms. The molecule has 5 nitrogen and oxygen atoms in total. The van der Waals surface area contributed by atoms with E-state index in [9.17, 15) is 9.90 Å². The van der Waals surface area contributed by atoms with Crippen molar-refractivity contribution < 1.29 is 9.90 Å². The third kappa shape index (κ3) is 3.89. The first-order chi connectivity index (χ1) is 11.1. The zero-order valence-corrected chi connectivity index (χ0v) is 13.9. The Bertz CT molecular complexity index is 660. The first-order valence-electron chi connectivity index (χ1n) is 7.83. The molecule has 2 aromatic rings. The van der Waals surface area contributed by atoms with E-state index in [0.29, 0.717) is 6.54 Å². The molecule has 1 aromatic carbocycles. The molecule has 0 spiro atoms. The van der Waals surface area contributed by atoms with E-state index in [0.717, 1.165) is 35.5 Å². The lowest BCUT2D eigenvalue weighted by atomic mass is 10.1. The summed E-state index contributed by atoms with van der Waals surface area (Å²) in [7, 11) is 1.77. The van der Waals surface area contributed by atoms with E-state index < -0.39 is 0 Å². The lowest BCUT2D eigenvalue weighted by Crippen LogP contribution is -2.37. The summed E-state index contributed by atoms with van der Waals surface area (Å²) in [6.07, 6.45) is 4.36. The second kappa shape index (κ2) is 7.10. The van der Waals surface area contributed by atoms with Crippen LogP contribution in [0.2, 0.25) is 0 Å². The average molecular weight is 331 g/mol. The molecular weight excluding hydrogens is 310 g/mol. The van der Waals surface area contributed by atoms with Gasteiger partial charge < -0.3 is 15.3 Å². The van der Waals surface area contributed by atoms with Gasteiger partial charge in [0.15, 0.2) is 0 Å². The highest BCUT2D eigenvalue weighted by atomic mass is 32.1. The van der Waals surface area contributed by atoms with Gasteiger partial charge >= 0.3 is 6.03 Å². The van der Waals surface area contributed by atoms with Crippen molar-refractivity contribution in [1.29, 1.82) is 0 Å². The molecule has 2 amide bonds. The Morgan fingerprint density at radius 3 is 3.04 bits per heavy atom. The van der Waals surface area contributed by atoms with Crippen LogP contribution in [-0.4, -0.2) is 40.7 Å². The molecule has 6 heteroatoms. The summed E-state index contributed by atoms with van der Waals surface area (Å²) in [5.74, 6) is 0.187. The van der Waals surface area contributed by atoms with E-state index >= 15 is 0 Å². The summed E-state index contributed by atoms with van der Waals surface area (Å²) in [5, 5.41) is 15.7. The first-order valence-corrected chi connectivity index (χ1v) is 8.71. The minimum atomic E-state index is -0.279. The molecule has 23 heavy (non-hydrogen) atoms. The maximum absolute atomic E-state index is 12.3. The number of hydrogen-bond donors (Lipinski definition) is 2. The van der Waals surface area contributed by atoms with Gasteiger partial charge in [-0.1, -0.05) is 18.6 Å². The van der Waals surface area contributed by atoms with Crippen LogP contribution in [0.15, 0.2) is 35.8 Å². The predicted molar refractivity (Wildman–Crippen MR) is 92.5 cm³/mol. The quantitative estimate of drug-likeness (QED) is 0.902. The summed E-state index contributed by atoms with van der Waals surface area (Å²) in [6, 6.07) is 7.53. The van der Waals surface area contributed by atoms with Crippen molar-refractivity contribution in [2.75, 3.05) is 18.9 Å². The summed E-state index contributed by atoms with van der Waals surface area (Å²) in [5.41, 5.74) is 1.74. The highest BCUT2D eigenvalue weighted by Crippen LogP contribution is 2.27. The van der Waals surface area contributed by atoms with E-state index in [2.05, 4.69) is 10.3 Å². The van der Waals surface area contributed by atoms with Gasteiger partial charge in [0.05, 0.1) is 6.10 Å². The van der Waals surface area contributed by atoms with Crippen LogP contribution >= 0.6 is 11.3 Å². The number of urea groups is 1. The predicted octanol–water partition coefficient (Wildman–Crippen LogP) is 3.43. The first kappa shape index (κ1) is 16.0. The second-order valence-corrected chi connectivity index (χ2v) is 6.88. The van der Waals surface area contributed by atoms with Crippen LogP contribution in [0.5, 0.6) is 0 Å². The third-order valence-electron chi connectivity index (χ3n) is 4.27. The van der Waals surface area contributed by atoms with Crippen molar-refractivity contribution in [1.82, 2.24) is 9.88 Å². The van der Waals surface area contributed by atoms with Gasteiger partial charge in [-0.15, -0.1) is 11.3 Å². The number of hydrogen-bond acceptors (Lipinski definition) is 4. The van der Waals surface area contributed by atoms with Crippen molar-refractivity contribution in [3.05, 3.63) is 35.8 Å². The van der Waals surface area contributed by atoms with E-state index in [1.807, 2.05) is 29.6 Å². The van der Waals surface area contributed by atoms with Crippen molar-refractivity contribution in [3.63, 3.8) is 0 Å². The Balaban J connectivity index is 1.62. The Kier molecular flexibility index (Phi) is 4.93. The van der Waals surface area contributed by atoms with Gasteiger partial charge in [-0.2, -0.15) is 0 Å². The van der Waals surface area contributed by atoms with Crippen LogP contribution < -0.4 is 5.32 Å². The highest BCUT2D eigenvalue weighted by molar-refractivity contribution is 7.13. The fourth-order valence-electron chi connectivity index (χ4n) is 2.98. The fraction of sp³-hybridized carbons (Fsp3) is 0.412. The molecule has 1 aliphatic rings. The Hall–Kier alpha value is -1.92. The van der Waals surface area contributed by atoms with Crippen LogP contribution in [0.25, 0.3) is 10.6 Å². The van der Waals surface area contributed by atoms with Gasteiger partial charge in [-0.3, -0.25) is 0 Å². The van der Waals surface area contributed by atoms with Gasteiger partial charge in [0.1, 0.15) is 5.01 Å². The second-order valence-electron chi connectivity index (χ2n) is 5.99. The molecule has 0 aliphatic heterocycles. The normalized spacial score (nSPS) is 20.4. The smallest absolute Gasteiger partial charge is 0.321 e. The number of carbonyl (C=O) groups excluding carboxylic acids is 1. The van der Waals surface area contributed by atoms with Crippen molar-refractivity contribution in [2.24, 2.45) is 5.92 Å². The van der Waals surface area contributed by atoms with Gasteiger partial charge in [0, 0.05) is 42.3 Å². The van der Waals surface area contributed by atoms with E-state index in [4.69, 9.17) is 0 Å². The molecule has 2 N–H and O–H groups in total. The Labute approximate surface area is 140 Å². The van der Waals surface area contributed by atoms with Crippen LogP contribution in [0.4, 0.5) is 10.5 Å². The molecule has 1 fully saturated rings. The minimum Gasteiger partial charge on any atom is -0.393 e. The highest BCUT2D eigenvalue weighted by Gasteiger charge is 2.27. The summed E-state index contributed by atoms with van der Waals surface area (Å²) in [4.78, 5) is 18.3. The summed E-state index contributed by atoms with van der Waals surface area (Å²) in [6.45, 7) is 0.583. The number of carbonyl (C=O) groups is 1. The maximum atomic E-state index is 12.3. The van der Waals surface area contributed by atoms with Crippen LogP contribution in [0.3, 0.4) is 0 Å². The van der Waals surface area contributed by atoms with Crippen LogP contribution in [0, 0.1) is 5.92 Å². The number of thiazole rings is 1. The van der Waals surface area contributed by atoms with Gasteiger partial charge in [-0.25, -0.2) is 9.78 Å². The maximum Gasteiger partial charge on any atom is 0.321 e. The average Bonchev–Trinajstić information content (AvgIpc) is 3.20. The Morgan fingerprint density at radius 2 is 2.35 bits per heavy atom. The third-order valence-corrected chi connectivity index (χ3v) is 5.09. The van der Waals surface area contributed by atoms with E-state index in [1.165, 1.54) is 0 Å². The number of anilines is 1. The van der Waals surface area contributed by atoms with Crippen LogP contribution in [-0.2, 0) is 0 Å². The lowest BCUT2D eigenvalue weighted by Gasteiger charge is -2.23. The minimum absolute atomic E-state index is 0.152. The number of rotatable bonds is 4. The molecular formula is C17H21N3O2S. The number of aromatic nitrogens is 1. The lowest BCUT2D eigenvalue weighted by molar-refractivity contribution is 0.116. The number of amides is 2. The van der Waals surface area contributed by atoms with Crippen molar-refractivity contribution >= 4 is 23.1 Å². The molecule has 0 radical (unpaired) electrons. The number of aliphatic hydroxyl groups is 1. The largest absolute Gasteiger partial charge is 0.393 e.